The molecule has 1 aliphatic heterocycles. The highest BCUT2D eigenvalue weighted by Crippen LogP contribution is 2.25. The van der Waals surface area contributed by atoms with Crippen molar-refractivity contribution >= 4 is 17.3 Å². The molecule has 1 heterocycles. The van der Waals surface area contributed by atoms with E-state index in [0.29, 0.717) is 12.0 Å². The van der Waals surface area contributed by atoms with Crippen LogP contribution >= 0.6 is 11.6 Å². The van der Waals surface area contributed by atoms with Crippen LogP contribution in [0.2, 0.25) is 5.02 Å². The molecule has 0 amide bonds. The van der Waals surface area contributed by atoms with Crippen LogP contribution in [0, 0.1) is 5.92 Å². The van der Waals surface area contributed by atoms with Gasteiger partial charge in [-0.1, -0.05) is 11.6 Å². The van der Waals surface area contributed by atoms with Crippen molar-refractivity contribution in [1.82, 2.24) is 0 Å². The van der Waals surface area contributed by atoms with Crippen molar-refractivity contribution in [2.24, 2.45) is 11.7 Å². The van der Waals surface area contributed by atoms with Gasteiger partial charge in [-0.05, 0) is 49.9 Å². The van der Waals surface area contributed by atoms with Gasteiger partial charge in [0, 0.05) is 29.8 Å². The summed E-state index contributed by atoms with van der Waals surface area (Å²) in [5.41, 5.74) is 7.21. The molecule has 1 aromatic rings. The van der Waals surface area contributed by atoms with Crippen LogP contribution in [0.1, 0.15) is 19.8 Å². The van der Waals surface area contributed by atoms with Gasteiger partial charge in [0.05, 0.1) is 0 Å². The largest absolute Gasteiger partial charge is 0.372 e. The lowest BCUT2D eigenvalue weighted by atomic mass is 9.91. The quantitative estimate of drug-likeness (QED) is 0.859. The van der Waals surface area contributed by atoms with Crippen LogP contribution in [-0.4, -0.2) is 19.1 Å². The van der Waals surface area contributed by atoms with Gasteiger partial charge >= 0.3 is 0 Å². The Bertz CT molecular complexity index is 326. The topological polar surface area (TPSA) is 29.3 Å². The molecule has 1 saturated heterocycles. The van der Waals surface area contributed by atoms with Crippen molar-refractivity contribution < 1.29 is 0 Å². The van der Waals surface area contributed by atoms with Crippen molar-refractivity contribution in [3.8, 4) is 0 Å². The van der Waals surface area contributed by atoms with Crippen LogP contribution in [0.5, 0.6) is 0 Å². The van der Waals surface area contributed by atoms with E-state index in [4.69, 9.17) is 17.3 Å². The van der Waals surface area contributed by atoms with E-state index in [0.717, 1.165) is 18.1 Å². The number of halogens is 1. The summed E-state index contributed by atoms with van der Waals surface area (Å²) in [6, 6.07) is 8.42. The minimum Gasteiger partial charge on any atom is -0.372 e. The van der Waals surface area contributed by atoms with Crippen LogP contribution < -0.4 is 10.6 Å². The maximum atomic E-state index is 5.94. The molecule has 3 heteroatoms. The fraction of sp³-hybridized carbons (Fsp3) is 0.538. The minimum atomic E-state index is 0.326. The summed E-state index contributed by atoms with van der Waals surface area (Å²) in [6.07, 6.45) is 2.39. The Hall–Kier alpha value is -0.730. The number of rotatable bonds is 2. The summed E-state index contributed by atoms with van der Waals surface area (Å²) < 4.78 is 0. The lowest BCUT2D eigenvalue weighted by Gasteiger charge is -2.35. The van der Waals surface area contributed by atoms with Crippen LogP contribution in [0.4, 0.5) is 5.69 Å². The Kier molecular flexibility index (Phi) is 3.72. The number of nitrogens with two attached hydrogens (primary N) is 1. The molecule has 2 rings (SSSR count). The van der Waals surface area contributed by atoms with Crippen molar-refractivity contribution in [2.45, 2.75) is 25.8 Å². The molecular formula is C13H19ClN2. The van der Waals surface area contributed by atoms with Crippen molar-refractivity contribution in [3.05, 3.63) is 29.3 Å². The summed E-state index contributed by atoms with van der Waals surface area (Å²) in [6.45, 7) is 4.32. The van der Waals surface area contributed by atoms with E-state index in [1.54, 1.807) is 0 Å². The van der Waals surface area contributed by atoms with E-state index in [-0.39, 0.29) is 0 Å². The Labute approximate surface area is 102 Å². The van der Waals surface area contributed by atoms with Crippen LogP contribution in [0.3, 0.4) is 0 Å². The van der Waals surface area contributed by atoms with Gasteiger partial charge in [0.1, 0.15) is 0 Å². The van der Waals surface area contributed by atoms with Gasteiger partial charge in [-0.25, -0.2) is 0 Å². The lowest BCUT2D eigenvalue weighted by Crippen LogP contribution is -2.39. The van der Waals surface area contributed by atoms with Crippen molar-refractivity contribution in [2.75, 3.05) is 18.0 Å². The Morgan fingerprint density at radius 1 is 1.25 bits per heavy atom. The minimum absolute atomic E-state index is 0.326. The molecule has 0 radical (unpaired) electrons. The number of anilines is 1. The average molecular weight is 239 g/mol. The molecule has 1 fully saturated rings. The molecule has 2 nitrogen and oxygen atoms in total. The molecule has 88 valence electrons. The second-order valence-corrected chi connectivity index (χ2v) is 5.10. The zero-order valence-electron chi connectivity index (χ0n) is 9.70. The Morgan fingerprint density at radius 2 is 1.81 bits per heavy atom. The molecule has 1 aromatic carbocycles. The smallest absolute Gasteiger partial charge is 0.0407 e. The molecule has 0 bridgehead atoms. The predicted octanol–water partition coefficient (Wildman–Crippen LogP) is 2.90. The molecule has 2 N–H and O–H groups in total. The molecule has 1 unspecified atom stereocenters. The number of nitrogens with zero attached hydrogens (tertiary/aromatic N) is 1. The third-order valence-corrected chi connectivity index (χ3v) is 3.73. The van der Waals surface area contributed by atoms with Gasteiger partial charge in [-0.2, -0.15) is 0 Å². The lowest BCUT2D eigenvalue weighted by molar-refractivity contribution is 0.354. The Morgan fingerprint density at radius 3 is 2.31 bits per heavy atom. The fourth-order valence-electron chi connectivity index (χ4n) is 2.34. The molecule has 1 aliphatic rings. The van der Waals surface area contributed by atoms with Gasteiger partial charge in [-0.3, -0.25) is 0 Å². The molecule has 0 spiro atoms. The first kappa shape index (κ1) is 11.7. The monoisotopic (exact) mass is 238 g/mol. The first-order chi connectivity index (χ1) is 7.66. The number of piperidine rings is 1. The number of hydrogen-bond acceptors (Lipinski definition) is 2. The zero-order valence-corrected chi connectivity index (χ0v) is 10.5. The molecule has 16 heavy (non-hydrogen) atoms. The predicted molar refractivity (Wildman–Crippen MR) is 70.0 cm³/mol. The maximum absolute atomic E-state index is 5.94. The number of benzene rings is 1. The molecule has 0 saturated carbocycles. The number of hydrogen-bond donors (Lipinski definition) is 1. The standard InChI is InChI=1S/C13H19ClN2/c1-10(15)11-6-8-16(9-7-11)13-4-2-12(14)3-5-13/h2-5,10-11H,6-9,15H2,1H3. The highest BCUT2D eigenvalue weighted by Gasteiger charge is 2.21. The molecule has 1 atom stereocenters. The maximum Gasteiger partial charge on any atom is 0.0407 e. The van der Waals surface area contributed by atoms with Gasteiger partial charge in [0.15, 0.2) is 0 Å². The average Bonchev–Trinajstić information content (AvgIpc) is 2.30. The summed E-state index contributed by atoms with van der Waals surface area (Å²) in [5, 5.41) is 0.800. The van der Waals surface area contributed by atoms with E-state index in [1.807, 2.05) is 12.1 Å². The molecular weight excluding hydrogens is 220 g/mol. The Balaban J connectivity index is 1.96. The van der Waals surface area contributed by atoms with Crippen LogP contribution in [-0.2, 0) is 0 Å². The van der Waals surface area contributed by atoms with E-state index in [9.17, 15) is 0 Å². The van der Waals surface area contributed by atoms with Gasteiger partial charge in [-0.15, -0.1) is 0 Å². The highest BCUT2D eigenvalue weighted by molar-refractivity contribution is 6.30. The molecule has 0 aliphatic carbocycles. The van der Waals surface area contributed by atoms with Gasteiger partial charge in [0.25, 0.3) is 0 Å². The third-order valence-electron chi connectivity index (χ3n) is 3.47. The van der Waals surface area contributed by atoms with Crippen LogP contribution in [0.15, 0.2) is 24.3 Å². The summed E-state index contributed by atoms with van der Waals surface area (Å²) in [5.74, 6) is 0.684. The van der Waals surface area contributed by atoms with Crippen molar-refractivity contribution in [1.29, 1.82) is 0 Å². The highest BCUT2D eigenvalue weighted by atomic mass is 35.5. The molecule has 0 aromatic heterocycles. The van der Waals surface area contributed by atoms with E-state index >= 15 is 0 Å². The van der Waals surface area contributed by atoms with E-state index in [2.05, 4.69) is 24.0 Å². The fourth-order valence-corrected chi connectivity index (χ4v) is 2.46. The zero-order chi connectivity index (χ0) is 11.5. The normalized spacial score (nSPS) is 19.8. The van der Waals surface area contributed by atoms with Gasteiger partial charge in [0.2, 0.25) is 0 Å². The third kappa shape index (κ3) is 2.69. The van der Waals surface area contributed by atoms with Gasteiger partial charge < -0.3 is 10.6 Å². The SMILES string of the molecule is CC(N)C1CCN(c2ccc(Cl)cc2)CC1. The summed E-state index contributed by atoms with van der Waals surface area (Å²) in [4.78, 5) is 2.41. The first-order valence-corrected chi connectivity index (χ1v) is 6.30. The van der Waals surface area contributed by atoms with E-state index in [1.165, 1.54) is 18.5 Å². The van der Waals surface area contributed by atoms with Crippen LogP contribution in [0.25, 0.3) is 0 Å². The summed E-state index contributed by atoms with van der Waals surface area (Å²) >= 11 is 5.88. The first-order valence-electron chi connectivity index (χ1n) is 5.93. The van der Waals surface area contributed by atoms with E-state index < -0.39 is 0 Å². The van der Waals surface area contributed by atoms with Crippen molar-refractivity contribution in [3.63, 3.8) is 0 Å². The second-order valence-electron chi connectivity index (χ2n) is 4.66. The second kappa shape index (κ2) is 5.07. The summed E-state index contributed by atoms with van der Waals surface area (Å²) in [7, 11) is 0.